The maximum atomic E-state index is 12.6. The van der Waals surface area contributed by atoms with Crippen molar-refractivity contribution in [2.75, 3.05) is 13.2 Å². The van der Waals surface area contributed by atoms with Crippen molar-refractivity contribution in [3.05, 3.63) is 76.2 Å². The lowest BCUT2D eigenvalue weighted by molar-refractivity contribution is -0.122. The Morgan fingerprint density at radius 2 is 1.94 bits per heavy atom. The van der Waals surface area contributed by atoms with Gasteiger partial charge in [-0.15, -0.1) is 6.58 Å². The molecule has 6 nitrogen and oxygen atoms in total. The van der Waals surface area contributed by atoms with E-state index < -0.39 is 0 Å². The average Bonchev–Trinajstić information content (AvgIpc) is 3.07. The molecular weight excluding hydrogens is 436 g/mol. The third kappa shape index (κ3) is 5.65. The zero-order valence-electron chi connectivity index (χ0n) is 18.8. The van der Waals surface area contributed by atoms with E-state index in [1.165, 1.54) is 4.90 Å². The van der Waals surface area contributed by atoms with Gasteiger partial charge in [0.1, 0.15) is 6.61 Å². The summed E-state index contributed by atoms with van der Waals surface area (Å²) in [6.45, 7) is 8.69. The van der Waals surface area contributed by atoms with Gasteiger partial charge < -0.3 is 9.47 Å². The highest BCUT2D eigenvalue weighted by Crippen LogP contribution is 2.38. The summed E-state index contributed by atoms with van der Waals surface area (Å²) in [6.07, 6.45) is 4.71. The van der Waals surface area contributed by atoms with Gasteiger partial charge >= 0.3 is 0 Å². The lowest BCUT2D eigenvalue weighted by Crippen LogP contribution is -2.28. The number of rotatable bonds is 10. The van der Waals surface area contributed by atoms with Gasteiger partial charge in [-0.3, -0.25) is 14.5 Å². The summed E-state index contributed by atoms with van der Waals surface area (Å²) >= 11 is 0.947. The normalized spacial score (nSPS) is 14.5. The fraction of sp³-hybridized carbons (Fsp3) is 0.269. The molecule has 170 valence electrons. The first-order chi connectivity index (χ1) is 16.0. The van der Waals surface area contributed by atoms with E-state index in [1.54, 1.807) is 24.3 Å². The Kier molecular flexibility index (Phi) is 8.34. The van der Waals surface area contributed by atoms with Gasteiger partial charge in [-0.25, -0.2) is 0 Å². The van der Waals surface area contributed by atoms with Crippen LogP contribution in [-0.4, -0.2) is 29.2 Å². The summed E-state index contributed by atoms with van der Waals surface area (Å²) in [5.74, 6) is 0.828. The molecule has 0 saturated carbocycles. The molecule has 7 heteroatoms. The number of allylic oxidation sites excluding steroid dienone is 1. The minimum atomic E-state index is -0.275. The second-order valence-electron chi connectivity index (χ2n) is 7.32. The summed E-state index contributed by atoms with van der Waals surface area (Å²) in [6, 6.07) is 13.2. The molecule has 1 aliphatic rings. The van der Waals surface area contributed by atoms with Crippen LogP contribution in [0.3, 0.4) is 0 Å². The fourth-order valence-corrected chi connectivity index (χ4v) is 4.34. The van der Waals surface area contributed by atoms with Crippen molar-refractivity contribution >= 4 is 29.0 Å². The molecular formula is C26H26N2O4S. The van der Waals surface area contributed by atoms with Crippen LogP contribution in [0.15, 0.2) is 54.0 Å². The Bertz CT molecular complexity index is 1130. The highest BCUT2D eigenvalue weighted by atomic mass is 32.2. The molecule has 0 radical (unpaired) electrons. The molecule has 0 atom stereocenters. The topological polar surface area (TPSA) is 79.6 Å². The third-order valence-corrected chi connectivity index (χ3v) is 5.85. The predicted octanol–water partition coefficient (Wildman–Crippen LogP) is 5.71. The zero-order valence-corrected chi connectivity index (χ0v) is 19.6. The lowest BCUT2D eigenvalue weighted by Gasteiger charge is -2.17. The first kappa shape index (κ1) is 24.1. The van der Waals surface area contributed by atoms with E-state index in [-0.39, 0.29) is 17.8 Å². The molecule has 2 aromatic rings. The summed E-state index contributed by atoms with van der Waals surface area (Å²) in [5, 5.41) is 9.10. The number of amides is 2. The van der Waals surface area contributed by atoms with Crippen molar-refractivity contribution < 1.29 is 19.1 Å². The Labute approximate surface area is 198 Å². The number of hydrogen-bond donors (Lipinski definition) is 0. The van der Waals surface area contributed by atoms with Crippen LogP contribution >= 0.6 is 11.8 Å². The SMILES string of the molecule is C=CCc1cc(C=C2SC(=O)N(CCC)C2=O)cc(OCC)c1OCc1ccccc1C#N. The molecule has 0 unspecified atom stereocenters. The minimum Gasteiger partial charge on any atom is -0.490 e. The van der Waals surface area contributed by atoms with E-state index in [0.717, 1.165) is 28.5 Å². The number of hydrogen-bond acceptors (Lipinski definition) is 6. The third-order valence-electron chi connectivity index (χ3n) is 4.95. The molecule has 1 aliphatic heterocycles. The maximum Gasteiger partial charge on any atom is 0.293 e. The van der Waals surface area contributed by atoms with E-state index in [9.17, 15) is 14.9 Å². The lowest BCUT2D eigenvalue weighted by atomic mass is 10.0. The molecule has 3 rings (SSSR count). The largest absolute Gasteiger partial charge is 0.490 e. The van der Waals surface area contributed by atoms with Gasteiger partial charge in [-0.05, 0) is 61.4 Å². The van der Waals surface area contributed by atoms with E-state index in [2.05, 4.69) is 12.6 Å². The van der Waals surface area contributed by atoms with Crippen molar-refractivity contribution in [1.29, 1.82) is 5.26 Å². The number of imide groups is 1. The van der Waals surface area contributed by atoms with Crippen molar-refractivity contribution in [3.63, 3.8) is 0 Å². The summed E-state index contributed by atoms with van der Waals surface area (Å²) < 4.78 is 12.0. The fourth-order valence-electron chi connectivity index (χ4n) is 3.47. The second kappa shape index (κ2) is 11.4. The number of benzene rings is 2. The minimum absolute atomic E-state index is 0.212. The quantitative estimate of drug-likeness (QED) is 0.332. The van der Waals surface area contributed by atoms with Crippen molar-refractivity contribution in [2.24, 2.45) is 0 Å². The zero-order chi connectivity index (χ0) is 23.8. The molecule has 1 saturated heterocycles. The Balaban J connectivity index is 1.96. The van der Waals surface area contributed by atoms with Gasteiger partial charge in [0.05, 0.1) is 23.1 Å². The van der Waals surface area contributed by atoms with Gasteiger partial charge in [0.25, 0.3) is 11.1 Å². The molecule has 0 aliphatic carbocycles. The van der Waals surface area contributed by atoms with E-state index >= 15 is 0 Å². The van der Waals surface area contributed by atoms with E-state index in [0.29, 0.717) is 48.0 Å². The van der Waals surface area contributed by atoms with Crippen LogP contribution in [0.5, 0.6) is 11.5 Å². The maximum absolute atomic E-state index is 12.6. The molecule has 2 aromatic carbocycles. The van der Waals surface area contributed by atoms with Gasteiger partial charge in [0, 0.05) is 17.7 Å². The number of nitrogens with zero attached hydrogens (tertiary/aromatic N) is 2. The summed E-state index contributed by atoms with van der Waals surface area (Å²) in [5.41, 5.74) is 2.91. The first-order valence-electron chi connectivity index (χ1n) is 10.8. The Morgan fingerprint density at radius 1 is 1.15 bits per heavy atom. The molecule has 2 amide bonds. The Hall–Kier alpha value is -3.50. The number of ether oxygens (including phenoxy) is 2. The number of carbonyl (C=O) groups is 2. The van der Waals surface area contributed by atoms with Crippen molar-refractivity contribution in [1.82, 2.24) is 4.90 Å². The van der Waals surface area contributed by atoms with E-state index in [4.69, 9.17) is 9.47 Å². The summed E-state index contributed by atoms with van der Waals surface area (Å²) in [7, 11) is 0. The van der Waals surface area contributed by atoms with Crippen LogP contribution in [0.1, 0.15) is 42.5 Å². The summed E-state index contributed by atoms with van der Waals surface area (Å²) in [4.78, 5) is 26.5. The second-order valence-corrected chi connectivity index (χ2v) is 8.32. The molecule has 0 N–H and O–H groups in total. The molecule has 0 aromatic heterocycles. The van der Waals surface area contributed by atoms with Gasteiger partial charge in [0.2, 0.25) is 0 Å². The van der Waals surface area contributed by atoms with E-state index in [1.807, 2.05) is 38.1 Å². The highest BCUT2D eigenvalue weighted by Gasteiger charge is 2.34. The molecule has 0 bridgehead atoms. The van der Waals surface area contributed by atoms with Crippen LogP contribution < -0.4 is 9.47 Å². The number of carbonyl (C=O) groups excluding carboxylic acids is 2. The highest BCUT2D eigenvalue weighted by molar-refractivity contribution is 8.18. The molecule has 33 heavy (non-hydrogen) atoms. The van der Waals surface area contributed by atoms with Crippen LogP contribution in [0.25, 0.3) is 6.08 Å². The number of nitriles is 1. The standard InChI is InChI=1S/C26H26N2O4S/c1-4-9-19-13-18(15-23-25(29)28(12-5-2)26(30)33-23)14-22(31-6-3)24(19)32-17-21-11-8-7-10-20(21)16-27/h4,7-8,10-11,13-15H,1,5-6,9,12,17H2,2-3H3. The van der Waals surface area contributed by atoms with Crippen molar-refractivity contribution in [2.45, 2.75) is 33.3 Å². The van der Waals surface area contributed by atoms with Crippen LogP contribution in [-0.2, 0) is 17.8 Å². The van der Waals surface area contributed by atoms with Crippen LogP contribution in [0.2, 0.25) is 0 Å². The average molecular weight is 463 g/mol. The first-order valence-corrected chi connectivity index (χ1v) is 11.6. The Morgan fingerprint density at radius 3 is 2.64 bits per heavy atom. The van der Waals surface area contributed by atoms with Gasteiger partial charge in [-0.1, -0.05) is 31.2 Å². The van der Waals surface area contributed by atoms with Gasteiger partial charge in [0.15, 0.2) is 11.5 Å². The molecule has 0 spiro atoms. The monoisotopic (exact) mass is 462 g/mol. The van der Waals surface area contributed by atoms with Crippen LogP contribution in [0, 0.1) is 11.3 Å². The predicted molar refractivity (Wildman–Crippen MR) is 130 cm³/mol. The van der Waals surface area contributed by atoms with Crippen molar-refractivity contribution in [3.8, 4) is 17.6 Å². The molecule has 1 heterocycles. The number of thioether (sulfide) groups is 1. The molecule has 1 fully saturated rings. The van der Waals surface area contributed by atoms with Crippen LogP contribution in [0.4, 0.5) is 4.79 Å². The smallest absolute Gasteiger partial charge is 0.293 e. The van der Waals surface area contributed by atoms with Gasteiger partial charge in [-0.2, -0.15) is 5.26 Å².